The average molecular weight is 822 g/mol. The maximum atomic E-state index is 13.7. The molecular formula is C40H40Cl3FN8S2. The average Bonchev–Trinajstić information content (AvgIpc) is 3.90. The molecule has 0 radical (unpaired) electrons. The molecule has 0 atom stereocenters. The summed E-state index contributed by atoms with van der Waals surface area (Å²) in [5.74, 6) is 1.40. The van der Waals surface area contributed by atoms with E-state index < -0.39 is 0 Å². The predicted octanol–water partition coefficient (Wildman–Crippen LogP) is 9.24. The van der Waals surface area contributed by atoms with E-state index in [0.717, 1.165) is 127 Å². The van der Waals surface area contributed by atoms with Crippen LogP contribution >= 0.6 is 57.9 Å². The lowest BCUT2D eigenvalue weighted by Crippen LogP contribution is -2.47. The Hall–Kier alpha value is -3.68. The van der Waals surface area contributed by atoms with Crippen molar-refractivity contribution in [3.63, 3.8) is 0 Å². The second-order valence-electron chi connectivity index (χ2n) is 13.2. The van der Waals surface area contributed by atoms with E-state index in [9.17, 15) is 4.39 Å². The van der Waals surface area contributed by atoms with Gasteiger partial charge in [0.25, 0.3) is 0 Å². The van der Waals surface area contributed by atoms with Crippen molar-refractivity contribution >= 4 is 68.1 Å². The number of hydrogen-bond donors (Lipinski definition) is 0. The van der Waals surface area contributed by atoms with Gasteiger partial charge in [-0.2, -0.15) is 18.7 Å². The van der Waals surface area contributed by atoms with Crippen molar-refractivity contribution in [1.82, 2.24) is 28.5 Å². The van der Waals surface area contributed by atoms with E-state index in [-0.39, 0.29) is 5.82 Å². The number of rotatable bonds is 10. The highest BCUT2D eigenvalue weighted by molar-refractivity contribution is 7.10. The fraction of sp³-hybridized carbons (Fsp3) is 0.300. The molecule has 8 nitrogen and oxygen atoms in total. The first-order valence-electron chi connectivity index (χ1n) is 18.0. The topological polar surface area (TPSA) is 64.5 Å². The summed E-state index contributed by atoms with van der Waals surface area (Å²) in [7, 11) is 0. The zero-order valence-corrected chi connectivity index (χ0v) is 33.5. The Balaban J connectivity index is 0.000000167. The van der Waals surface area contributed by atoms with Crippen molar-refractivity contribution < 1.29 is 4.39 Å². The van der Waals surface area contributed by atoms with Crippen molar-refractivity contribution in [2.24, 2.45) is 0 Å². The van der Waals surface area contributed by atoms with Crippen LogP contribution in [0.2, 0.25) is 15.1 Å². The molecule has 0 saturated carbocycles. The smallest absolute Gasteiger partial charge is 0.205 e. The van der Waals surface area contributed by atoms with Crippen LogP contribution in [-0.4, -0.2) is 94.0 Å². The number of halogens is 4. The van der Waals surface area contributed by atoms with Crippen molar-refractivity contribution in [3.05, 3.63) is 129 Å². The zero-order valence-electron chi connectivity index (χ0n) is 29.6. The second-order valence-corrected chi connectivity index (χ2v) is 15.9. The van der Waals surface area contributed by atoms with Gasteiger partial charge in [0.1, 0.15) is 5.82 Å². The SMILES string of the molecule is Clc1ccc(-c2nsc(N3CCN(CCc4ccccc4Cl)CC3)n2)cc1.Fc1ccccc1CCN1CCN(c2nc(-c3ccc(Cl)cc3)ns2)CC1. The van der Waals surface area contributed by atoms with Crippen LogP contribution in [0.4, 0.5) is 14.7 Å². The van der Waals surface area contributed by atoms with Gasteiger partial charge in [0.2, 0.25) is 10.3 Å². The first-order valence-corrected chi connectivity index (χ1v) is 20.7. The Labute approximate surface area is 339 Å². The van der Waals surface area contributed by atoms with E-state index in [1.807, 2.05) is 78.9 Å². The van der Waals surface area contributed by atoms with Crippen molar-refractivity contribution in [3.8, 4) is 22.8 Å². The molecule has 0 bridgehead atoms. The van der Waals surface area contributed by atoms with Crippen LogP contribution in [0.15, 0.2) is 97.1 Å². The first-order chi connectivity index (χ1) is 26.4. The molecule has 2 aliphatic heterocycles. The van der Waals surface area contributed by atoms with Gasteiger partial charge < -0.3 is 9.80 Å². The minimum Gasteiger partial charge on any atom is -0.344 e. The molecular weight excluding hydrogens is 782 g/mol. The molecule has 0 spiro atoms. The Morgan fingerprint density at radius 1 is 0.519 bits per heavy atom. The predicted molar refractivity (Wildman–Crippen MR) is 223 cm³/mol. The third-order valence-corrected chi connectivity index (χ3v) is 12.1. The third kappa shape index (κ3) is 10.3. The van der Waals surface area contributed by atoms with E-state index in [1.54, 1.807) is 6.07 Å². The Morgan fingerprint density at radius 2 is 0.944 bits per heavy atom. The Morgan fingerprint density at radius 3 is 1.41 bits per heavy atom. The number of benzene rings is 4. The Bertz CT molecular complexity index is 1930. The number of aromatic nitrogens is 4. The summed E-state index contributed by atoms with van der Waals surface area (Å²) in [5.41, 5.74) is 3.99. The molecule has 0 amide bonds. The van der Waals surface area contributed by atoms with Gasteiger partial charge in [0.05, 0.1) is 0 Å². The Kier molecular flexibility index (Phi) is 13.4. The van der Waals surface area contributed by atoms with E-state index in [1.165, 1.54) is 34.7 Å². The first kappa shape index (κ1) is 38.6. The quantitative estimate of drug-likeness (QED) is 0.136. The summed E-state index contributed by atoms with van der Waals surface area (Å²) in [6, 6.07) is 30.4. The van der Waals surface area contributed by atoms with Crippen molar-refractivity contribution in [2.75, 3.05) is 75.2 Å². The van der Waals surface area contributed by atoms with Crippen LogP contribution in [0.25, 0.3) is 22.8 Å². The molecule has 2 aliphatic rings. The highest BCUT2D eigenvalue weighted by Gasteiger charge is 2.22. The summed E-state index contributed by atoms with van der Waals surface area (Å²) >= 11 is 21.1. The summed E-state index contributed by atoms with van der Waals surface area (Å²) in [4.78, 5) is 18.9. The van der Waals surface area contributed by atoms with Crippen LogP contribution in [0.3, 0.4) is 0 Å². The summed E-state index contributed by atoms with van der Waals surface area (Å²) < 4.78 is 22.7. The van der Waals surface area contributed by atoms with Crippen LogP contribution in [0.1, 0.15) is 11.1 Å². The standard InChI is InChI=1S/C20H20Cl2N4S.C20H20ClFN4S/c2*21-17-7-5-16(6-8-17)19-23-20(27-24-19)26-13-11-25(12-14-26)10-9-15-3-1-2-4-18(15)22/h2*1-8H,9-14H2. The van der Waals surface area contributed by atoms with Gasteiger partial charge in [-0.05, 0) is 84.6 Å². The molecule has 6 aromatic rings. The zero-order chi connectivity index (χ0) is 37.3. The monoisotopic (exact) mass is 820 g/mol. The molecule has 0 N–H and O–H groups in total. The van der Waals surface area contributed by atoms with Crippen LogP contribution in [0.5, 0.6) is 0 Å². The van der Waals surface area contributed by atoms with Gasteiger partial charge in [-0.1, -0.05) is 71.2 Å². The molecule has 4 aromatic carbocycles. The van der Waals surface area contributed by atoms with E-state index in [0.29, 0.717) is 5.02 Å². The highest BCUT2D eigenvalue weighted by Crippen LogP contribution is 2.27. The summed E-state index contributed by atoms with van der Waals surface area (Å²) in [6.45, 7) is 9.62. The lowest BCUT2D eigenvalue weighted by molar-refractivity contribution is 0.260. The van der Waals surface area contributed by atoms with E-state index >= 15 is 0 Å². The molecule has 54 heavy (non-hydrogen) atoms. The van der Waals surface area contributed by atoms with Gasteiger partial charge in [0, 0.05) is 115 Å². The van der Waals surface area contributed by atoms with Gasteiger partial charge >= 0.3 is 0 Å². The number of piperazine rings is 2. The minimum absolute atomic E-state index is 0.111. The summed E-state index contributed by atoms with van der Waals surface area (Å²) in [6.07, 6.45) is 1.73. The van der Waals surface area contributed by atoms with Gasteiger partial charge in [-0.15, -0.1) is 0 Å². The fourth-order valence-electron chi connectivity index (χ4n) is 6.41. The molecule has 8 rings (SSSR count). The van der Waals surface area contributed by atoms with E-state index in [4.69, 9.17) is 39.8 Å². The van der Waals surface area contributed by atoms with Crippen LogP contribution < -0.4 is 9.80 Å². The largest absolute Gasteiger partial charge is 0.344 e. The number of hydrogen-bond acceptors (Lipinski definition) is 10. The van der Waals surface area contributed by atoms with Crippen LogP contribution in [0, 0.1) is 5.82 Å². The molecule has 0 unspecified atom stereocenters. The number of nitrogens with zero attached hydrogens (tertiary/aromatic N) is 8. The molecule has 2 saturated heterocycles. The lowest BCUT2D eigenvalue weighted by atomic mass is 10.1. The minimum atomic E-state index is -0.111. The lowest BCUT2D eigenvalue weighted by Gasteiger charge is -2.34. The molecule has 14 heteroatoms. The fourth-order valence-corrected chi connectivity index (χ4v) is 8.37. The normalized spacial score (nSPS) is 15.3. The summed E-state index contributed by atoms with van der Waals surface area (Å²) in [5, 5.41) is 4.24. The van der Waals surface area contributed by atoms with Crippen LogP contribution in [-0.2, 0) is 12.8 Å². The third-order valence-electron chi connectivity index (χ3n) is 9.63. The van der Waals surface area contributed by atoms with Gasteiger partial charge in [0.15, 0.2) is 11.6 Å². The maximum Gasteiger partial charge on any atom is 0.205 e. The molecule has 0 aliphatic carbocycles. The van der Waals surface area contributed by atoms with Crippen molar-refractivity contribution in [1.29, 1.82) is 0 Å². The highest BCUT2D eigenvalue weighted by atomic mass is 35.5. The molecule has 4 heterocycles. The molecule has 2 fully saturated rings. The molecule has 2 aromatic heterocycles. The van der Waals surface area contributed by atoms with Gasteiger partial charge in [-0.25, -0.2) is 4.39 Å². The van der Waals surface area contributed by atoms with Crippen molar-refractivity contribution in [2.45, 2.75) is 12.8 Å². The van der Waals surface area contributed by atoms with Gasteiger partial charge in [-0.3, -0.25) is 9.80 Å². The molecule has 280 valence electrons. The maximum absolute atomic E-state index is 13.7. The second kappa shape index (κ2) is 18.8. The van der Waals surface area contributed by atoms with E-state index in [2.05, 4.69) is 39.4 Å². The number of anilines is 2.